The van der Waals surface area contributed by atoms with Gasteiger partial charge in [0.2, 0.25) is 0 Å². The third-order valence-corrected chi connectivity index (χ3v) is 5.34. The Morgan fingerprint density at radius 3 is 1.47 bits per heavy atom. The lowest BCUT2D eigenvalue weighted by atomic mass is 10.1. The van der Waals surface area contributed by atoms with E-state index in [1.54, 1.807) is 6.07 Å². The Kier molecular flexibility index (Phi) is 18.5. The number of rotatable bonds is 14. The van der Waals surface area contributed by atoms with E-state index in [0.29, 0.717) is 0 Å². The predicted molar refractivity (Wildman–Crippen MR) is 144 cm³/mol. The van der Waals surface area contributed by atoms with Crippen LogP contribution in [0.2, 0.25) is 0 Å². The second kappa shape index (κ2) is 21.9. The zero-order valence-corrected chi connectivity index (χ0v) is 21.8. The van der Waals surface area contributed by atoms with Gasteiger partial charge in [0.1, 0.15) is 12.2 Å². The molecule has 0 unspecified atom stereocenters. The third kappa shape index (κ3) is 16.1. The average molecular weight is 487 g/mol. The van der Waals surface area contributed by atoms with E-state index in [-0.39, 0.29) is 11.1 Å². The molecule has 1 rings (SSSR count). The van der Waals surface area contributed by atoms with Crippen LogP contribution >= 0.6 is 0 Å². The van der Waals surface area contributed by atoms with Crippen LogP contribution < -0.4 is 0 Å². The summed E-state index contributed by atoms with van der Waals surface area (Å²) < 4.78 is 9.81. The highest BCUT2D eigenvalue weighted by atomic mass is 16.5. The molecule has 0 amide bonds. The number of hydrogen-bond acceptors (Lipinski definition) is 4. The van der Waals surface area contributed by atoms with Crippen molar-refractivity contribution in [2.45, 2.75) is 104 Å². The van der Waals surface area contributed by atoms with Crippen LogP contribution in [0.25, 0.3) is 0 Å². The smallest absolute Gasteiger partial charge is 0.352 e. The van der Waals surface area contributed by atoms with E-state index in [2.05, 4.69) is 61.6 Å². The minimum absolute atomic E-state index is 0.186. The molecule has 0 radical (unpaired) electrons. The van der Waals surface area contributed by atoms with Gasteiger partial charge >= 0.3 is 11.9 Å². The molecule has 0 aromatic heterocycles. The van der Waals surface area contributed by atoms with Crippen LogP contribution in [0, 0.1) is 47.7 Å². The van der Waals surface area contributed by atoms with Crippen molar-refractivity contribution in [3.05, 3.63) is 35.4 Å². The van der Waals surface area contributed by atoms with Crippen LogP contribution in [0.15, 0.2) is 24.3 Å². The van der Waals surface area contributed by atoms with Gasteiger partial charge in [0.05, 0.1) is 11.1 Å². The Morgan fingerprint density at radius 1 is 0.611 bits per heavy atom. The van der Waals surface area contributed by atoms with Gasteiger partial charge in [-0.15, -0.1) is 0 Å². The van der Waals surface area contributed by atoms with Crippen molar-refractivity contribution < 1.29 is 19.1 Å². The van der Waals surface area contributed by atoms with Crippen LogP contribution in [-0.2, 0) is 9.47 Å². The van der Waals surface area contributed by atoms with Crippen molar-refractivity contribution in [3.8, 4) is 47.7 Å². The topological polar surface area (TPSA) is 52.6 Å². The maximum Gasteiger partial charge on any atom is 0.352 e. The zero-order chi connectivity index (χ0) is 26.1. The first-order chi connectivity index (χ1) is 17.7. The molecular formula is C32H38O4. The maximum absolute atomic E-state index is 12.2. The fourth-order valence-electron chi connectivity index (χ4n) is 3.29. The summed E-state index contributed by atoms with van der Waals surface area (Å²) in [7, 11) is 0. The molecule has 0 atom stereocenters. The molecule has 0 aliphatic rings. The highest BCUT2D eigenvalue weighted by molar-refractivity contribution is 5.95. The second-order valence-electron chi connectivity index (χ2n) is 8.45. The fourth-order valence-corrected chi connectivity index (χ4v) is 3.29. The van der Waals surface area contributed by atoms with Gasteiger partial charge in [-0.2, -0.15) is 0 Å². The van der Waals surface area contributed by atoms with Crippen molar-refractivity contribution in [1.82, 2.24) is 0 Å². The van der Waals surface area contributed by atoms with E-state index in [9.17, 15) is 9.59 Å². The number of ether oxygens (including phenoxy) is 2. The molecule has 0 N–H and O–H groups in total. The summed E-state index contributed by atoms with van der Waals surface area (Å²) in [6.45, 7) is 4.40. The second-order valence-corrected chi connectivity index (χ2v) is 8.45. The predicted octanol–water partition coefficient (Wildman–Crippen LogP) is 7.43. The number of esters is 2. The van der Waals surface area contributed by atoms with Crippen LogP contribution in [0.3, 0.4) is 0 Å². The summed E-state index contributed by atoms with van der Waals surface area (Å²) in [5.41, 5.74) is 0.371. The fraction of sp³-hybridized carbons (Fsp3) is 0.500. The molecule has 0 heterocycles. The van der Waals surface area contributed by atoms with Gasteiger partial charge in [-0.1, -0.05) is 96.0 Å². The summed E-state index contributed by atoms with van der Waals surface area (Å²) in [5, 5.41) is 0. The van der Waals surface area contributed by atoms with E-state index in [0.717, 1.165) is 25.7 Å². The Bertz CT molecular complexity index is 957. The van der Waals surface area contributed by atoms with Gasteiger partial charge in [-0.05, 0) is 42.9 Å². The number of unbranched alkanes of at least 4 members (excludes halogenated alkanes) is 12. The van der Waals surface area contributed by atoms with E-state index in [1.807, 2.05) is 0 Å². The number of carbonyl (C=O) groups excluding carboxylic acids is 2. The number of benzene rings is 1. The van der Waals surface area contributed by atoms with Crippen molar-refractivity contribution in [2.75, 3.05) is 0 Å². The van der Waals surface area contributed by atoms with Gasteiger partial charge in [0.25, 0.3) is 0 Å². The van der Waals surface area contributed by atoms with Gasteiger partial charge in [0, 0.05) is 24.7 Å². The van der Waals surface area contributed by atoms with E-state index in [4.69, 9.17) is 9.47 Å². The van der Waals surface area contributed by atoms with Gasteiger partial charge < -0.3 is 9.47 Å². The maximum atomic E-state index is 12.2. The summed E-state index contributed by atoms with van der Waals surface area (Å²) in [4.78, 5) is 24.3. The van der Waals surface area contributed by atoms with Crippen LogP contribution in [-0.4, -0.2) is 11.9 Å². The highest BCUT2D eigenvalue weighted by Crippen LogP contribution is 2.09. The Balaban J connectivity index is 2.37. The molecular weight excluding hydrogens is 448 g/mol. The van der Waals surface area contributed by atoms with Crippen LogP contribution in [0.4, 0.5) is 0 Å². The molecule has 0 aliphatic carbocycles. The van der Waals surface area contributed by atoms with Crippen molar-refractivity contribution in [2.24, 2.45) is 0 Å². The molecule has 1 aromatic rings. The minimum Gasteiger partial charge on any atom is -0.367 e. The Labute approximate surface area is 217 Å². The lowest BCUT2D eigenvalue weighted by molar-refractivity contribution is 0.0690. The molecule has 0 saturated carbocycles. The molecule has 0 fully saturated rings. The summed E-state index contributed by atoms with van der Waals surface area (Å²) in [5.74, 6) is 15.0. The lowest BCUT2D eigenvalue weighted by Gasteiger charge is -2.00. The monoisotopic (exact) mass is 486 g/mol. The standard InChI is InChI=1S/C32H38O4/c1-3-5-7-9-11-13-15-17-19-21-26-35-31(33)29-24-23-25-30(28-29)32(34)36-27-22-20-18-16-14-12-10-8-6-4-2/h23-25,28H,3-16H2,1-2H3. The van der Waals surface area contributed by atoms with E-state index >= 15 is 0 Å². The van der Waals surface area contributed by atoms with Crippen LogP contribution in [0.5, 0.6) is 0 Å². The Morgan fingerprint density at radius 2 is 1.03 bits per heavy atom. The normalized spacial score (nSPS) is 9.17. The van der Waals surface area contributed by atoms with Crippen molar-refractivity contribution in [1.29, 1.82) is 0 Å². The quantitative estimate of drug-likeness (QED) is 0.156. The van der Waals surface area contributed by atoms with E-state index < -0.39 is 11.9 Å². The van der Waals surface area contributed by atoms with Crippen molar-refractivity contribution >= 4 is 11.9 Å². The van der Waals surface area contributed by atoms with Crippen LogP contribution in [0.1, 0.15) is 124 Å². The van der Waals surface area contributed by atoms with Crippen molar-refractivity contribution in [3.63, 3.8) is 0 Å². The molecule has 190 valence electrons. The third-order valence-electron chi connectivity index (χ3n) is 5.34. The molecule has 1 aromatic carbocycles. The molecule has 36 heavy (non-hydrogen) atoms. The largest absolute Gasteiger partial charge is 0.367 e. The molecule has 0 saturated heterocycles. The first kappa shape index (κ1) is 30.4. The lowest BCUT2D eigenvalue weighted by Crippen LogP contribution is -2.05. The summed E-state index contributed by atoms with van der Waals surface area (Å²) in [6.07, 6.45) is 20.7. The molecule has 4 heteroatoms. The molecule has 0 spiro atoms. The highest BCUT2D eigenvalue weighted by Gasteiger charge is 2.12. The number of hydrogen-bond donors (Lipinski definition) is 0. The summed E-state index contributed by atoms with van der Waals surface area (Å²) in [6, 6.07) is 6.01. The zero-order valence-electron chi connectivity index (χ0n) is 21.8. The molecule has 0 bridgehead atoms. The minimum atomic E-state index is -0.665. The number of carbonyl (C=O) groups is 2. The first-order valence-electron chi connectivity index (χ1n) is 13.2. The Hall–Kier alpha value is -3.60. The molecule has 4 nitrogen and oxygen atoms in total. The van der Waals surface area contributed by atoms with E-state index in [1.165, 1.54) is 82.4 Å². The van der Waals surface area contributed by atoms with Gasteiger partial charge in [-0.3, -0.25) is 0 Å². The molecule has 0 aliphatic heterocycles. The van der Waals surface area contributed by atoms with Gasteiger partial charge in [-0.25, -0.2) is 9.59 Å². The van der Waals surface area contributed by atoms with Gasteiger partial charge in [0.15, 0.2) is 0 Å². The SMILES string of the molecule is CCCCCCCCC#CC#COC(=O)c1cccc(C(=O)OC#CC#CCCCCCCCC)c1. The summed E-state index contributed by atoms with van der Waals surface area (Å²) >= 11 is 0. The average Bonchev–Trinajstić information content (AvgIpc) is 2.90. The first-order valence-corrected chi connectivity index (χ1v) is 13.2.